The Labute approximate surface area is 168 Å². The summed E-state index contributed by atoms with van der Waals surface area (Å²) in [5.74, 6) is 1.01. The number of nitrogens with zero attached hydrogens (tertiary/aromatic N) is 1. The van der Waals surface area contributed by atoms with E-state index in [1.807, 2.05) is 6.07 Å². The highest BCUT2D eigenvalue weighted by molar-refractivity contribution is 7.89. The van der Waals surface area contributed by atoms with Crippen molar-refractivity contribution >= 4 is 15.9 Å². The molecule has 2 heterocycles. The van der Waals surface area contributed by atoms with E-state index in [9.17, 15) is 13.2 Å². The van der Waals surface area contributed by atoms with Crippen LogP contribution in [0, 0.1) is 11.8 Å². The third-order valence-electron chi connectivity index (χ3n) is 7.33. The first-order valence-corrected chi connectivity index (χ1v) is 12.3. The van der Waals surface area contributed by atoms with Gasteiger partial charge in [0.15, 0.2) is 0 Å². The number of rotatable bonds is 5. The molecule has 4 rings (SSSR count). The number of carbonyl (C=O) groups is 1. The fourth-order valence-corrected chi connectivity index (χ4v) is 7.59. The van der Waals surface area contributed by atoms with Gasteiger partial charge in [0.2, 0.25) is 15.9 Å². The van der Waals surface area contributed by atoms with Crippen molar-refractivity contribution in [2.45, 2.75) is 81.2 Å². The van der Waals surface area contributed by atoms with Crippen LogP contribution in [0.4, 0.5) is 0 Å². The molecule has 3 aliphatic rings. The van der Waals surface area contributed by atoms with Gasteiger partial charge in [-0.25, -0.2) is 13.1 Å². The minimum Gasteiger partial charge on any atom is -0.337 e. The molecule has 1 spiro atoms. The van der Waals surface area contributed by atoms with Crippen LogP contribution in [0.5, 0.6) is 0 Å². The molecule has 5 nitrogen and oxygen atoms in total. The van der Waals surface area contributed by atoms with E-state index in [4.69, 9.17) is 0 Å². The number of hydrogen-bond donors (Lipinski definition) is 1. The van der Waals surface area contributed by atoms with Gasteiger partial charge in [-0.15, -0.1) is 0 Å². The van der Waals surface area contributed by atoms with Crippen molar-refractivity contribution < 1.29 is 13.2 Å². The molecule has 2 aliphatic heterocycles. The summed E-state index contributed by atoms with van der Waals surface area (Å²) in [6.07, 6.45) is 8.57. The molecule has 2 saturated heterocycles. The number of hydrogen-bond acceptors (Lipinski definition) is 3. The minimum absolute atomic E-state index is 0.0257. The molecule has 0 bridgehead atoms. The number of carbonyl (C=O) groups excluding carboxylic acids is 1. The van der Waals surface area contributed by atoms with Gasteiger partial charge in [0.05, 0.1) is 4.90 Å². The predicted molar refractivity (Wildman–Crippen MR) is 109 cm³/mol. The highest BCUT2D eigenvalue weighted by atomic mass is 32.2. The zero-order valence-electron chi connectivity index (χ0n) is 16.8. The molecule has 1 saturated carbocycles. The lowest BCUT2D eigenvalue weighted by Crippen LogP contribution is -2.60. The second-order valence-electron chi connectivity index (χ2n) is 8.78. The van der Waals surface area contributed by atoms with Crippen molar-refractivity contribution in [2.24, 2.45) is 11.8 Å². The third kappa shape index (κ3) is 3.39. The number of amides is 1. The molecule has 1 aliphatic carbocycles. The first-order chi connectivity index (χ1) is 13.5. The smallest absolute Gasteiger partial charge is 0.240 e. The van der Waals surface area contributed by atoms with Gasteiger partial charge in [0, 0.05) is 24.5 Å². The van der Waals surface area contributed by atoms with Gasteiger partial charge in [0.25, 0.3) is 0 Å². The number of sulfonamides is 1. The average molecular weight is 405 g/mol. The standard InChI is InChI=1S/C22H32N2O3S/c1-2-8-18-19-11-6-12-21(25)24-16-7-14-22(19,24)15-13-20(18)23-28(26,27)17-9-4-3-5-10-17/h3-5,9-10,18-20,23H,2,6-8,11-16H2,1H3/t18-,19+,20+,22-/m1/s1. The summed E-state index contributed by atoms with van der Waals surface area (Å²) in [5, 5.41) is 0. The summed E-state index contributed by atoms with van der Waals surface area (Å²) >= 11 is 0. The summed E-state index contributed by atoms with van der Waals surface area (Å²) < 4.78 is 29.0. The van der Waals surface area contributed by atoms with Crippen LogP contribution in [0.15, 0.2) is 35.2 Å². The SMILES string of the molecule is CCC[C@H]1[C@@H](NS(=O)(=O)c2ccccc2)CC[C@@]23CCCN2C(=O)CCC[C@@H]13. The second kappa shape index (κ2) is 7.79. The molecular formula is C22H32N2O3S. The van der Waals surface area contributed by atoms with Crippen LogP contribution in [0.1, 0.15) is 64.7 Å². The van der Waals surface area contributed by atoms with Gasteiger partial charge in [-0.3, -0.25) is 4.79 Å². The van der Waals surface area contributed by atoms with E-state index < -0.39 is 10.0 Å². The van der Waals surface area contributed by atoms with E-state index in [1.165, 1.54) is 0 Å². The summed E-state index contributed by atoms with van der Waals surface area (Å²) in [7, 11) is -3.52. The van der Waals surface area contributed by atoms with E-state index in [0.717, 1.165) is 57.9 Å². The zero-order valence-corrected chi connectivity index (χ0v) is 17.6. The van der Waals surface area contributed by atoms with E-state index in [0.29, 0.717) is 29.1 Å². The van der Waals surface area contributed by atoms with E-state index in [1.54, 1.807) is 24.3 Å². The molecule has 6 heteroatoms. The van der Waals surface area contributed by atoms with E-state index in [2.05, 4.69) is 16.5 Å². The van der Waals surface area contributed by atoms with E-state index >= 15 is 0 Å². The highest BCUT2D eigenvalue weighted by Gasteiger charge is 2.56. The topological polar surface area (TPSA) is 66.5 Å². The van der Waals surface area contributed by atoms with Crippen molar-refractivity contribution in [1.29, 1.82) is 0 Å². The summed E-state index contributed by atoms with van der Waals surface area (Å²) in [5.41, 5.74) is -0.0257. The lowest BCUT2D eigenvalue weighted by Gasteiger charge is -2.53. The van der Waals surface area contributed by atoms with Gasteiger partial charge in [0.1, 0.15) is 0 Å². The molecule has 154 valence electrons. The van der Waals surface area contributed by atoms with Crippen LogP contribution in [-0.4, -0.2) is 37.4 Å². The largest absolute Gasteiger partial charge is 0.337 e. The molecular weight excluding hydrogens is 372 g/mol. The maximum Gasteiger partial charge on any atom is 0.240 e. The number of benzene rings is 1. The number of nitrogens with one attached hydrogen (secondary N) is 1. The Bertz CT molecular complexity index is 810. The predicted octanol–water partition coefficient (Wildman–Crippen LogP) is 3.70. The van der Waals surface area contributed by atoms with Crippen LogP contribution >= 0.6 is 0 Å². The van der Waals surface area contributed by atoms with Gasteiger partial charge in [-0.1, -0.05) is 31.5 Å². The fraction of sp³-hybridized carbons (Fsp3) is 0.682. The molecule has 1 aromatic carbocycles. The monoisotopic (exact) mass is 404 g/mol. The lowest BCUT2D eigenvalue weighted by molar-refractivity contribution is -0.138. The third-order valence-corrected chi connectivity index (χ3v) is 8.84. The van der Waals surface area contributed by atoms with Gasteiger partial charge >= 0.3 is 0 Å². The van der Waals surface area contributed by atoms with Gasteiger partial charge in [-0.2, -0.15) is 0 Å². The Morgan fingerprint density at radius 1 is 1.14 bits per heavy atom. The first-order valence-electron chi connectivity index (χ1n) is 10.9. The average Bonchev–Trinajstić information content (AvgIpc) is 3.05. The van der Waals surface area contributed by atoms with Gasteiger partial charge < -0.3 is 4.90 Å². The Morgan fingerprint density at radius 2 is 1.93 bits per heavy atom. The quantitative estimate of drug-likeness (QED) is 0.814. The Hall–Kier alpha value is -1.40. The van der Waals surface area contributed by atoms with Crippen molar-refractivity contribution in [3.63, 3.8) is 0 Å². The van der Waals surface area contributed by atoms with Crippen LogP contribution in [0.25, 0.3) is 0 Å². The molecule has 1 aromatic rings. The summed E-state index contributed by atoms with van der Waals surface area (Å²) in [6, 6.07) is 8.63. The van der Waals surface area contributed by atoms with Crippen LogP contribution in [0.2, 0.25) is 0 Å². The molecule has 3 fully saturated rings. The second-order valence-corrected chi connectivity index (χ2v) is 10.5. The van der Waals surface area contributed by atoms with Gasteiger partial charge in [-0.05, 0) is 68.9 Å². The maximum atomic E-state index is 13.0. The van der Waals surface area contributed by atoms with Crippen LogP contribution < -0.4 is 4.72 Å². The van der Waals surface area contributed by atoms with Crippen molar-refractivity contribution in [2.75, 3.05) is 6.54 Å². The highest BCUT2D eigenvalue weighted by Crippen LogP contribution is 2.52. The Kier molecular flexibility index (Phi) is 5.53. The van der Waals surface area contributed by atoms with Crippen molar-refractivity contribution in [1.82, 2.24) is 9.62 Å². The lowest BCUT2D eigenvalue weighted by atomic mass is 9.61. The Morgan fingerprint density at radius 3 is 2.68 bits per heavy atom. The Balaban J connectivity index is 1.63. The molecule has 4 atom stereocenters. The molecule has 1 amide bonds. The summed E-state index contributed by atoms with van der Waals surface area (Å²) in [4.78, 5) is 15.2. The fourth-order valence-electron chi connectivity index (χ4n) is 6.24. The molecule has 28 heavy (non-hydrogen) atoms. The van der Waals surface area contributed by atoms with Crippen LogP contribution in [0.3, 0.4) is 0 Å². The molecule has 1 N–H and O–H groups in total. The molecule has 0 aromatic heterocycles. The minimum atomic E-state index is -3.52. The van der Waals surface area contributed by atoms with Crippen molar-refractivity contribution in [3.8, 4) is 0 Å². The van der Waals surface area contributed by atoms with Crippen molar-refractivity contribution in [3.05, 3.63) is 30.3 Å². The normalized spacial score (nSPS) is 33.2. The van der Waals surface area contributed by atoms with Crippen LogP contribution in [-0.2, 0) is 14.8 Å². The zero-order chi connectivity index (χ0) is 19.8. The summed E-state index contributed by atoms with van der Waals surface area (Å²) in [6.45, 7) is 3.06. The molecule has 0 unspecified atom stereocenters. The molecule has 0 radical (unpaired) electrons. The maximum absolute atomic E-state index is 13.0. The first kappa shape index (κ1) is 19.9. The van der Waals surface area contributed by atoms with E-state index in [-0.39, 0.29) is 11.6 Å².